The van der Waals surface area contributed by atoms with Crippen LogP contribution in [-0.2, 0) is 6.42 Å². The Kier molecular flexibility index (Phi) is 7.64. The summed E-state index contributed by atoms with van der Waals surface area (Å²) >= 11 is 0. The van der Waals surface area contributed by atoms with Crippen LogP contribution in [0.2, 0.25) is 0 Å². The van der Waals surface area contributed by atoms with E-state index in [4.69, 9.17) is 0 Å². The first kappa shape index (κ1) is 18.2. The third-order valence-corrected chi connectivity index (χ3v) is 3.56. The number of carbonyl (C=O) groups is 1. The summed E-state index contributed by atoms with van der Waals surface area (Å²) in [5.41, 5.74) is 3.02. The number of amides is 1. The number of halogens is 1. The van der Waals surface area contributed by atoms with E-state index in [-0.39, 0.29) is 24.4 Å². The van der Waals surface area contributed by atoms with Crippen LogP contribution in [0.1, 0.15) is 28.4 Å². The van der Waals surface area contributed by atoms with Crippen molar-refractivity contribution in [2.75, 3.05) is 13.6 Å². The van der Waals surface area contributed by atoms with Gasteiger partial charge in [0.1, 0.15) is 0 Å². The summed E-state index contributed by atoms with van der Waals surface area (Å²) < 4.78 is 0. The third kappa shape index (κ3) is 5.17. The van der Waals surface area contributed by atoms with Gasteiger partial charge in [0, 0.05) is 18.2 Å². The lowest BCUT2D eigenvalue weighted by atomic mass is 9.99. The Labute approximate surface area is 138 Å². The molecular weight excluding hydrogens is 296 g/mol. The Bertz CT molecular complexity index is 587. The molecule has 118 valence electrons. The number of carbonyl (C=O) groups excluding carboxylic acids is 1. The van der Waals surface area contributed by atoms with Gasteiger partial charge in [-0.2, -0.15) is 0 Å². The van der Waals surface area contributed by atoms with Gasteiger partial charge in [0.2, 0.25) is 0 Å². The molecule has 22 heavy (non-hydrogen) atoms. The number of likely N-dealkylation sites (N-methyl/N-ethyl adjacent to an activating group) is 1. The molecule has 2 aromatic rings. The van der Waals surface area contributed by atoms with Crippen LogP contribution in [-0.4, -0.2) is 25.5 Å². The van der Waals surface area contributed by atoms with Gasteiger partial charge in [-0.15, -0.1) is 12.4 Å². The van der Waals surface area contributed by atoms with Crippen LogP contribution >= 0.6 is 12.4 Å². The predicted octanol–water partition coefficient (Wildman–Crippen LogP) is 3.04. The van der Waals surface area contributed by atoms with E-state index < -0.39 is 0 Å². The van der Waals surface area contributed by atoms with Gasteiger partial charge >= 0.3 is 0 Å². The summed E-state index contributed by atoms with van der Waals surface area (Å²) in [6.45, 7) is 2.66. The fraction of sp³-hybridized carbons (Fsp3) is 0.278. The average molecular weight is 319 g/mol. The third-order valence-electron chi connectivity index (χ3n) is 3.56. The molecule has 2 N–H and O–H groups in total. The Balaban J connectivity index is 0.00000242. The largest absolute Gasteiger partial charge is 0.350 e. The van der Waals surface area contributed by atoms with Crippen molar-refractivity contribution in [3.63, 3.8) is 0 Å². The van der Waals surface area contributed by atoms with Gasteiger partial charge in [0.05, 0.1) is 0 Å². The van der Waals surface area contributed by atoms with Crippen LogP contribution in [0.3, 0.4) is 0 Å². The van der Waals surface area contributed by atoms with Crippen molar-refractivity contribution in [3.05, 3.63) is 71.3 Å². The van der Waals surface area contributed by atoms with Crippen LogP contribution in [0, 0.1) is 0 Å². The van der Waals surface area contributed by atoms with E-state index in [2.05, 4.69) is 22.8 Å². The lowest BCUT2D eigenvalue weighted by Crippen LogP contribution is -2.37. The molecule has 4 heteroatoms. The summed E-state index contributed by atoms with van der Waals surface area (Å²) in [7, 11) is 1.89. The molecule has 1 amide bonds. The maximum absolute atomic E-state index is 12.3. The second-order valence-electron chi connectivity index (χ2n) is 5.22. The summed E-state index contributed by atoms with van der Waals surface area (Å²) in [5, 5.41) is 6.09. The van der Waals surface area contributed by atoms with Crippen molar-refractivity contribution in [3.8, 4) is 0 Å². The molecule has 0 bridgehead atoms. The van der Waals surface area contributed by atoms with Gasteiger partial charge in [0.25, 0.3) is 5.91 Å². The standard InChI is InChI=1S/C18H22N2O.ClH/c1-14(19-2)13-20-18(21)17-11-7-6-10-16(17)12-15-8-4-3-5-9-15;/h3-11,14,19H,12-13H2,1-2H3,(H,20,21);1H. The SMILES string of the molecule is CNC(C)CNC(=O)c1ccccc1Cc1ccccc1.Cl. The molecule has 0 aromatic heterocycles. The molecule has 0 saturated carbocycles. The lowest BCUT2D eigenvalue weighted by Gasteiger charge is -2.13. The Morgan fingerprint density at radius 1 is 1.05 bits per heavy atom. The highest BCUT2D eigenvalue weighted by molar-refractivity contribution is 5.95. The van der Waals surface area contributed by atoms with Gasteiger partial charge < -0.3 is 10.6 Å². The highest BCUT2D eigenvalue weighted by atomic mass is 35.5. The zero-order chi connectivity index (χ0) is 15.1. The fourth-order valence-corrected chi connectivity index (χ4v) is 2.15. The Morgan fingerprint density at radius 3 is 2.36 bits per heavy atom. The first-order chi connectivity index (χ1) is 10.2. The van der Waals surface area contributed by atoms with Crippen molar-refractivity contribution in [1.82, 2.24) is 10.6 Å². The van der Waals surface area contributed by atoms with Crippen molar-refractivity contribution in [2.24, 2.45) is 0 Å². The van der Waals surface area contributed by atoms with E-state index in [1.54, 1.807) is 0 Å². The van der Waals surface area contributed by atoms with Gasteiger partial charge in [-0.3, -0.25) is 4.79 Å². The number of hydrogen-bond acceptors (Lipinski definition) is 2. The van der Waals surface area contributed by atoms with E-state index in [1.807, 2.05) is 56.4 Å². The molecule has 0 heterocycles. The smallest absolute Gasteiger partial charge is 0.251 e. The minimum Gasteiger partial charge on any atom is -0.350 e. The van der Waals surface area contributed by atoms with Crippen LogP contribution in [0.4, 0.5) is 0 Å². The topological polar surface area (TPSA) is 41.1 Å². The molecular formula is C18H23ClN2O. The van der Waals surface area contributed by atoms with Crippen molar-refractivity contribution in [2.45, 2.75) is 19.4 Å². The van der Waals surface area contributed by atoms with E-state index >= 15 is 0 Å². The molecule has 0 spiro atoms. The number of hydrogen-bond donors (Lipinski definition) is 2. The van der Waals surface area contributed by atoms with Crippen LogP contribution < -0.4 is 10.6 Å². The fourth-order valence-electron chi connectivity index (χ4n) is 2.15. The average Bonchev–Trinajstić information content (AvgIpc) is 2.53. The normalized spacial score (nSPS) is 11.4. The van der Waals surface area contributed by atoms with Crippen molar-refractivity contribution >= 4 is 18.3 Å². The molecule has 2 rings (SSSR count). The van der Waals surface area contributed by atoms with E-state index in [0.717, 1.165) is 17.5 Å². The lowest BCUT2D eigenvalue weighted by molar-refractivity contribution is 0.0949. The van der Waals surface area contributed by atoms with Crippen LogP contribution in [0.15, 0.2) is 54.6 Å². The highest BCUT2D eigenvalue weighted by Crippen LogP contribution is 2.14. The van der Waals surface area contributed by atoms with Crippen molar-refractivity contribution in [1.29, 1.82) is 0 Å². The number of nitrogens with one attached hydrogen (secondary N) is 2. The minimum absolute atomic E-state index is 0. The second-order valence-corrected chi connectivity index (χ2v) is 5.22. The maximum Gasteiger partial charge on any atom is 0.251 e. The maximum atomic E-state index is 12.3. The summed E-state index contributed by atoms with van der Waals surface area (Å²) in [6.07, 6.45) is 0.770. The van der Waals surface area contributed by atoms with Crippen molar-refractivity contribution < 1.29 is 4.79 Å². The zero-order valence-corrected chi connectivity index (χ0v) is 13.8. The van der Waals surface area contributed by atoms with Crippen LogP contribution in [0.25, 0.3) is 0 Å². The molecule has 0 aliphatic carbocycles. The summed E-state index contributed by atoms with van der Waals surface area (Å²) in [6, 6.07) is 18.3. The summed E-state index contributed by atoms with van der Waals surface area (Å²) in [4.78, 5) is 12.3. The molecule has 1 unspecified atom stereocenters. The monoisotopic (exact) mass is 318 g/mol. The van der Waals surface area contributed by atoms with Gasteiger partial charge in [-0.1, -0.05) is 48.5 Å². The first-order valence-electron chi connectivity index (χ1n) is 7.28. The molecule has 0 aliphatic rings. The van der Waals surface area contributed by atoms with Crippen LogP contribution in [0.5, 0.6) is 0 Å². The second kappa shape index (κ2) is 9.23. The zero-order valence-electron chi connectivity index (χ0n) is 13.0. The Hall–Kier alpha value is -1.84. The molecule has 3 nitrogen and oxygen atoms in total. The van der Waals surface area contributed by atoms with E-state index in [9.17, 15) is 4.79 Å². The van der Waals surface area contributed by atoms with E-state index in [0.29, 0.717) is 6.54 Å². The Morgan fingerprint density at radius 2 is 1.68 bits per heavy atom. The number of rotatable bonds is 6. The molecule has 1 atom stereocenters. The van der Waals surface area contributed by atoms with Gasteiger partial charge in [-0.05, 0) is 37.6 Å². The molecule has 2 aromatic carbocycles. The molecule has 0 radical (unpaired) electrons. The van der Waals surface area contributed by atoms with Gasteiger partial charge in [0.15, 0.2) is 0 Å². The van der Waals surface area contributed by atoms with E-state index in [1.165, 1.54) is 5.56 Å². The molecule has 0 fully saturated rings. The number of benzene rings is 2. The highest BCUT2D eigenvalue weighted by Gasteiger charge is 2.11. The predicted molar refractivity (Wildman–Crippen MR) is 93.8 cm³/mol. The quantitative estimate of drug-likeness (QED) is 0.859. The first-order valence-corrected chi connectivity index (χ1v) is 7.28. The van der Waals surface area contributed by atoms with Gasteiger partial charge in [-0.25, -0.2) is 0 Å². The minimum atomic E-state index is -0.0105. The summed E-state index contributed by atoms with van der Waals surface area (Å²) in [5.74, 6) is -0.0105. The molecule has 0 aliphatic heterocycles. The molecule has 0 saturated heterocycles.